The molecule has 9 heteroatoms. The van der Waals surface area contributed by atoms with Crippen molar-refractivity contribution in [3.05, 3.63) is 0 Å². The average Bonchev–Trinajstić information content (AvgIpc) is 3.13. The summed E-state index contributed by atoms with van der Waals surface area (Å²) < 4.78 is 29.4. The zero-order chi connectivity index (χ0) is 20.2. The molecule has 0 aromatic heterocycles. The number of carboxylic acid groups (broad SMARTS) is 1. The number of nitrogens with zero attached hydrogens (tertiary/aromatic N) is 2. The third kappa shape index (κ3) is 7.94. The molecule has 0 bridgehead atoms. The fraction of sp³-hybridized carbons (Fsp3) is 0.947. The molecule has 164 valence electrons. The maximum Gasteiger partial charge on any atom is 0.404 e. The van der Waals surface area contributed by atoms with Crippen LogP contribution >= 0.6 is 0 Å². The topological polar surface area (TPSA) is 102 Å². The number of unbranched alkanes of at least 4 members (excludes halogenated alkanes) is 3. The Hall–Kier alpha value is -0.740. The van der Waals surface area contributed by atoms with E-state index in [0.29, 0.717) is 13.1 Å². The van der Waals surface area contributed by atoms with Crippen molar-refractivity contribution in [3.63, 3.8) is 0 Å². The van der Waals surface area contributed by atoms with Gasteiger partial charge in [-0.2, -0.15) is 4.31 Å². The number of hydrogen-bond donors (Lipinski definition) is 3. The van der Waals surface area contributed by atoms with E-state index in [0.717, 1.165) is 97.1 Å². The highest BCUT2D eigenvalue weighted by Crippen LogP contribution is 2.40. The predicted octanol–water partition coefficient (Wildman–Crippen LogP) is 2.68. The maximum atomic E-state index is 12.1. The maximum absolute atomic E-state index is 12.1. The van der Waals surface area contributed by atoms with Crippen LogP contribution in [0.15, 0.2) is 0 Å². The Bertz CT molecular complexity index is 482. The second kappa shape index (κ2) is 12.7. The van der Waals surface area contributed by atoms with Gasteiger partial charge in [0.05, 0.1) is 13.2 Å². The second-order valence-electron chi connectivity index (χ2n) is 7.97. The van der Waals surface area contributed by atoms with Gasteiger partial charge in [-0.15, -0.1) is 0 Å². The number of amides is 1. The van der Waals surface area contributed by atoms with Crippen LogP contribution < -0.4 is 5.32 Å². The van der Waals surface area contributed by atoms with Crippen molar-refractivity contribution in [2.24, 2.45) is 0 Å². The number of rotatable bonds is 13. The molecule has 0 radical (unpaired) electrons. The summed E-state index contributed by atoms with van der Waals surface area (Å²) in [6, 6.07) is 0. The molecular weight excluding hydrogens is 382 g/mol. The van der Waals surface area contributed by atoms with E-state index >= 15 is 0 Å². The number of carbonyl (C=O) groups is 1. The van der Waals surface area contributed by atoms with Crippen molar-refractivity contribution in [1.29, 1.82) is 0 Å². The number of ether oxygens (including phenoxy) is 1. The SMILES string of the molecule is O=C(O)NCCCCCCN(S(=O)O)C1(CCCN2CCOCC2)CCCC1. The lowest BCUT2D eigenvalue weighted by Crippen LogP contribution is -2.48. The van der Waals surface area contributed by atoms with Crippen molar-refractivity contribution >= 4 is 17.4 Å². The number of nitrogens with one attached hydrogen (secondary N) is 1. The summed E-state index contributed by atoms with van der Waals surface area (Å²) in [6.45, 7) is 5.72. The molecule has 2 aliphatic rings. The Morgan fingerprint density at radius 2 is 1.79 bits per heavy atom. The van der Waals surface area contributed by atoms with E-state index in [9.17, 15) is 13.6 Å². The van der Waals surface area contributed by atoms with Gasteiger partial charge in [-0.3, -0.25) is 9.45 Å². The van der Waals surface area contributed by atoms with Crippen LogP contribution in [-0.4, -0.2) is 80.6 Å². The molecule has 0 spiro atoms. The quantitative estimate of drug-likeness (QED) is 0.313. The molecule has 28 heavy (non-hydrogen) atoms. The summed E-state index contributed by atoms with van der Waals surface area (Å²) in [5.74, 6) is 0. The van der Waals surface area contributed by atoms with E-state index in [2.05, 4.69) is 10.2 Å². The Morgan fingerprint density at radius 1 is 1.11 bits per heavy atom. The summed E-state index contributed by atoms with van der Waals surface area (Å²) in [4.78, 5) is 12.9. The first-order chi connectivity index (χ1) is 13.5. The minimum atomic E-state index is -1.95. The third-order valence-electron chi connectivity index (χ3n) is 6.04. The van der Waals surface area contributed by atoms with Crippen LogP contribution in [0.5, 0.6) is 0 Å². The zero-order valence-electron chi connectivity index (χ0n) is 16.9. The number of morpholine rings is 1. The lowest BCUT2D eigenvalue weighted by Gasteiger charge is -2.39. The summed E-state index contributed by atoms with van der Waals surface area (Å²) in [5.41, 5.74) is -0.142. The second-order valence-corrected chi connectivity index (χ2v) is 8.87. The summed E-state index contributed by atoms with van der Waals surface area (Å²) in [5, 5.41) is 10.9. The molecule has 1 saturated carbocycles. The first kappa shape index (κ1) is 23.5. The van der Waals surface area contributed by atoms with E-state index in [1.807, 2.05) is 4.31 Å². The first-order valence-electron chi connectivity index (χ1n) is 10.7. The van der Waals surface area contributed by atoms with Crippen LogP contribution in [0, 0.1) is 0 Å². The van der Waals surface area contributed by atoms with E-state index in [1.165, 1.54) is 0 Å². The molecule has 1 unspecified atom stereocenters. The average molecular weight is 420 g/mol. The van der Waals surface area contributed by atoms with Crippen LogP contribution in [0.1, 0.15) is 64.2 Å². The van der Waals surface area contributed by atoms with E-state index in [4.69, 9.17) is 9.84 Å². The molecule has 1 amide bonds. The van der Waals surface area contributed by atoms with Crippen molar-refractivity contribution in [2.75, 3.05) is 45.9 Å². The molecular formula is C19H37N3O5S. The minimum absolute atomic E-state index is 0.142. The first-order valence-corrected chi connectivity index (χ1v) is 11.8. The highest BCUT2D eigenvalue weighted by atomic mass is 32.2. The molecule has 1 aliphatic heterocycles. The van der Waals surface area contributed by atoms with Crippen molar-refractivity contribution in [1.82, 2.24) is 14.5 Å². The Morgan fingerprint density at radius 3 is 2.43 bits per heavy atom. The third-order valence-corrected chi connectivity index (χ3v) is 6.98. The molecule has 2 rings (SSSR count). The van der Waals surface area contributed by atoms with E-state index < -0.39 is 17.4 Å². The molecule has 0 aromatic rings. The van der Waals surface area contributed by atoms with Gasteiger partial charge in [-0.25, -0.2) is 9.00 Å². The van der Waals surface area contributed by atoms with E-state index in [-0.39, 0.29) is 5.54 Å². The fourth-order valence-corrected chi connectivity index (χ4v) is 5.41. The molecule has 8 nitrogen and oxygen atoms in total. The predicted molar refractivity (Wildman–Crippen MR) is 110 cm³/mol. The monoisotopic (exact) mass is 419 g/mol. The highest BCUT2D eigenvalue weighted by Gasteiger charge is 2.41. The lowest BCUT2D eigenvalue weighted by atomic mass is 9.91. The molecule has 1 atom stereocenters. The van der Waals surface area contributed by atoms with Crippen molar-refractivity contribution in [2.45, 2.75) is 69.7 Å². The molecule has 1 heterocycles. The van der Waals surface area contributed by atoms with Gasteiger partial charge in [0.25, 0.3) is 0 Å². The zero-order valence-corrected chi connectivity index (χ0v) is 17.8. The molecule has 3 N–H and O–H groups in total. The van der Waals surface area contributed by atoms with Gasteiger partial charge in [-0.05, 0) is 45.1 Å². The Balaban J connectivity index is 1.76. The minimum Gasteiger partial charge on any atom is -0.465 e. The smallest absolute Gasteiger partial charge is 0.404 e. The van der Waals surface area contributed by atoms with Crippen LogP contribution in [0.25, 0.3) is 0 Å². The molecule has 0 aromatic carbocycles. The van der Waals surface area contributed by atoms with Gasteiger partial charge in [-0.1, -0.05) is 25.7 Å². The van der Waals surface area contributed by atoms with Crippen LogP contribution in [0.2, 0.25) is 0 Å². The van der Waals surface area contributed by atoms with Crippen LogP contribution in [-0.2, 0) is 16.0 Å². The van der Waals surface area contributed by atoms with Gasteiger partial charge in [0.1, 0.15) is 0 Å². The summed E-state index contributed by atoms with van der Waals surface area (Å²) in [7, 11) is 0. The summed E-state index contributed by atoms with van der Waals surface area (Å²) >= 11 is -1.95. The molecule has 2 fully saturated rings. The van der Waals surface area contributed by atoms with Gasteiger partial charge >= 0.3 is 6.09 Å². The standard InChI is InChI=1S/C19H37N3O5S/c23-18(24)20-11-5-1-2-6-13-22(28(25)26)19(8-3-4-9-19)10-7-12-21-14-16-27-17-15-21/h20H,1-17H2,(H,23,24)(H,25,26). The van der Waals surface area contributed by atoms with Crippen molar-refractivity contribution < 1.29 is 23.4 Å². The van der Waals surface area contributed by atoms with Crippen LogP contribution in [0.3, 0.4) is 0 Å². The van der Waals surface area contributed by atoms with Gasteiger partial charge in [0.15, 0.2) is 0 Å². The Kier molecular flexibility index (Phi) is 10.7. The van der Waals surface area contributed by atoms with Crippen LogP contribution in [0.4, 0.5) is 4.79 Å². The van der Waals surface area contributed by atoms with Gasteiger partial charge in [0, 0.05) is 31.7 Å². The normalized spacial score (nSPS) is 21.1. The van der Waals surface area contributed by atoms with Gasteiger partial charge in [0.2, 0.25) is 11.3 Å². The largest absolute Gasteiger partial charge is 0.465 e. The van der Waals surface area contributed by atoms with Gasteiger partial charge < -0.3 is 15.2 Å². The summed E-state index contributed by atoms with van der Waals surface area (Å²) in [6.07, 6.45) is 8.85. The van der Waals surface area contributed by atoms with Crippen molar-refractivity contribution in [3.8, 4) is 0 Å². The number of hydrogen-bond acceptors (Lipinski definition) is 4. The molecule has 1 saturated heterocycles. The fourth-order valence-electron chi connectivity index (χ4n) is 4.52. The Labute approximate surface area is 171 Å². The van der Waals surface area contributed by atoms with E-state index in [1.54, 1.807) is 0 Å². The molecule has 1 aliphatic carbocycles. The highest BCUT2D eigenvalue weighted by molar-refractivity contribution is 7.76. The lowest BCUT2D eigenvalue weighted by molar-refractivity contribution is 0.0350.